The average Bonchev–Trinajstić information content (AvgIpc) is 2.54. The van der Waals surface area contributed by atoms with Gasteiger partial charge in [0.15, 0.2) is 6.29 Å². The van der Waals surface area contributed by atoms with Crippen LogP contribution in [0, 0.1) is 0 Å². The molecule has 1 unspecified atom stereocenters. The Kier molecular flexibility index (Phi) is 5.42. The minimum absolute atomic E-state index is 0.153. The lowest BCUT2D eigenvalue weighted by atomic mass is 10.0. The molecule has 0 saturated carbocycles. The SMILES string of the molecule is NCCNc1cccc(C=O)c1C(=O)NC1CCC(=O)NC1=O. The molecular formula is C15H18N4O4. The van der Waals surface area contributed by atoms with E-state index in [2.05, 4.69) is 16.0 Å². The molecule has 1 fully saturated rings. The molecule has 8 nitrogen and oxygen atoms in total. The molecule has 8 heteroatoms. The van der Waals surface area contributed by atoms with Gasteiger partial charge in [-0.2, -0.15) is 0 Å². The summed E-state index contributed by atoms with van der Waals surface area (Å²) in [5.41, 5.74) is 6.26. The molecule has 1 aromatic carbocycles. The summed E-state index contributed by atoms with van der Waals surface area (Å²) in [6, 6.07) is 4.01. The molecule has 1 atom stereocenters. The van der Waals surface area contributed by atoms with Crippen molar-refractivity contribution in [3.05, 3.63) is 29.3 Å². The van der Waals surface area contributed by atoms with Crippen LogP contribution in [0.5, 0.6) is 0 Å². The second-order valence-corrected chi connectivity index (χ2v) is 5.08. The first-order valence-corrected chi connectivity index (χ1v) is 7.23. The normalized spacial score (nSPS) is 17.3. The van der Waals surface area contributed by atoms with Crippen molar-refractivity contribution < 1.29 is 19.2 Å². The Morgan fingerprint density at radius 2 is 2.17 bits per heavy atom. The monoisotopic (exact) mass is 318 g/mol. The summed E-state index contributed by atoms with van der Waals surface area (Å²) in [5, 5.41) is 7.71. The minimum atomic E-state index is -0.803. The van der Waals surface area contributed by atoms with Gasteiger partial charge < -0.3 is 16.4 Å². The minimum Gasteiger partial charge on any atom is -0.383 e. The van der Waals surface area contributed by atoms with Crippen molar-refractivity contribution >= 4 is 29.7 Å². The number of aldehydes is 1. The maximum atomic E-state index is 12.5. The van der Waals surface area contributed by atoms with Crippen molar-refractivity contribution in [1.82, 2.24) is 10.6 Å². The van der Waals surface area contributed by atoms with Gasteiger partial charge in [0.05, 0.1) is 5.56 Å². The number of rotatable bonds is 6. The number of anilines is 1. The number of carbonyl (C=O) groups excluding carboxylic acids is 4. The molecular weight excluding hydrogens is 300 g/mol. The van der Waals surface area contributed by atoms with Crippen LogP contribution in [0.4, 0.5) is 5.69 Å². The quantitative estimate of drug-likeness (QED) is 0.409. The van der Waals surface area contributed by atoms with Gasteiger partial charge >= 0.3 is 0 Å². The number of piperidine rings is 1. The molecule has 122 valence electrons. The van der Waals surface area contributed by atoms with Crippen molar-refractivity contribution in [2.45, 2.75) is 18.9 Å². The molecule has 0 spiro atoms. The van der Waals surface area contributed by atoms with Gasteiger partial charge in [0, 0.05) is 30.8 Å². The van der Waals surface area contributed by atoms with Gasteiger partial charge in [-0.3, -0.25) is 24.5 Å². The highest BCUT2D eigenvalue weighted by molar-refractivity contribution is 6.09. The summed E-state index contributed by atoms with van der Waals surface area (Å²) in [5.74, 6) is -1.46. The third-order valence-electron chi connectivity index (χ3n) is 3.46. The van der Waals surface area contributed by atoms with E-state index in [1.165, 1.54) is 6.07 Å². The molecule has 5 N–H and O–H groups in total. The first kappa shape index (κ1) is 16.6. The van der Waals surface area contributed by atoms with E-state index in [-0.39, 0.29) is 29.9 Å². The summed E-state index contributed by atoms with van der Waals surface area (Å²) in [7, 11) is 0. The maximum absolute atomic E-state index is 12.5. The van der Waals surface area contributed by atoms with E-state index in [4.69, 9.17) is 5.73 Å². The highest BCUT2D eigenvalue weighted by Crippen LogP contribution is 2.19. The molecule has 1 aliphatic rings. The molecule has 2 rings (SSSR count). The summed E-state index contributed by atoms with van der Waals surface area (Å²) >= 11 is 0. The first-order chi connectivity index (χ1) is 11.1. The first-order valence-electron chi connectivity index (χ1n) is 7.23. The maximum Gasteiger partial charge on any atom is 0.254 e. The van der Waals surface area contributed by atoms with Crippen molar-refractivity contribution in [2.24, 2.45) is 5.73 Å². The Bertz CT molecular complexity index is 644. The fourth-order valence-electron chi connectivity index (χ4n) is 2.34. The summed E-state index contributed by atoms with van der Waals surface area (Å²) in [4.78, 5) is 46.6. The Morgan fingerprint density at radius 1 is 1.39 bits per heavy atom. The second-order valence-electron chi connectivity index (χ2n) is 5.08. The molecule has 23 heavy (non-hydrogen) atoms. The molecule has 1 aromatic rings. The van der Waals surface area contributed by atoms with Crippen LogP contribution >= 0.6 is 0 Å². The molecule has 1 saturated heterocycles. The number of carbonyl (C=O) groups is 4. The highest BCUT2D eigenvalue weighted by Gasteiger charge is 2.29. The number of hydrogen-bond acceptors (Lipinski definition) is 6. The molecule has 1 aliphatic heterocycles. The predicted octanol–water partition coefficient (Wildman–Crippen LogP) is -0.595. The van der Waals surface area contributed by atoms with Gasteiger partial charge in [-0.15, -0.1) is 0 Å². The van der Waals surface area contributed by atoms with Gasteiger partial charge in [0.2, 0.25) is 11.8 Å². The van der Waals surface area contributed by atoms with Crippen LogP contribution in [0.3, 0.4) is 0 Å². The van der Waals surface area contributed by atoms with E-state index in [0.29, 0.717) is 25.1 Å². The van der Waals surface area contributed by atoms with Crippen molar-refractivity contribution in [2.75, 3.05) is 18.4 Å². The van der Waals surface area contributed by atoms with Crippen molar-refractivity contribution in [1.29, 1.82) is 0 Å². The van der Waals surface area contributed by atoms with E-state index in [0.717, 1.165) is 0 Å². The number of benzene rings is 1. The summed E-state index contributed by atoms with van der Waals surface area (Å²) in [6.45, 7) is 0.792. The zero-order valence-corrected chi connectivity index (χ0v) is 12.4. The molecule has 0 radical (unpaired) electrons. The van der Waals surface area contributed by atoms with E-state index in [9.17, 15) is 19.2 Å². The van der Waals surface area contributed by atoms with Crippen molar-refractivity contribution in [3.63, 3.8) is 0 Å². The van der Waals surface area contributed by atoms with Crippen LogP contribution in [-0.4, -0.2) is 43.1 Å². The average molecular weight is 318 g/mol. The van der Waals surface area contributed by atoms with Gasteiger partial charge in [-0.05, 0) is 12.5 Å². The molecule has 0 aliphatic carbocycles. The van der Waals surface area contributed by atoms with Crippen LogP contribution in [0.15, 0.2) is 18.2 Å². The number of amides is 3. The summed E-state index contributed by atoms with van der Waals surface area (Å²) < 4.78 is 0. The zero-order valence-electron chi connectivity index (χ0n) is 12.4. The van der Waals surface area contributed by atoms with Crippen LogP contribution < -0.4 is 21.7 Å². The van der Waals surface area contributed by atoms with Crippen LogP contribution in [0.2, 0.25) is 0 Å². The Morgan fingerprint density at radius 3 is 2.83 bits per heavy atom. The number of hydrogen-bond donors (Lipinski definition) is 4. The topological polar surface area (TPSA) is 130 Å². The fourth-order valence-corrected chi connectivity index (χ4v) is 2.34. The smallest absolute Gasteiger partial charge is 0.254 e. The lowest BCUT2D eigenvalue weighted by Crippen LogP contribution is -2.52. The Balaban J connectivity index is 2.22. The van der Waals surface area contributed by atoms with E-state index in [1.54, 1.807) is 12.1 Å². The van der Waals surface area contributed by atoms with Gasteiger partial charge in [-0.1, -0.05) is 12.1 Å². The van der Waals surface area contributed by atoms with Gasteiger partial charge in [0.1, 0.15) is 6.04 Å². The largest absolute Gasteiger partial charge is 0.383 e. The number of nitrogens with two attached hydrogens (primary N) is 1. The molecule has 0 bridgehead atoms. The molecule has 1 heterocycles. The van der Waals surface area contributed by atoms with E-state index >= 15 is 0 Å². The van der Waals surface area contributed by atoms with Gasteiger partial charge in [-0.25, -0.2) is 0 Å². The van der Waals surface area contributed by atoms with Crippen molar-refractivity contribution in [3.8, 4) is 0 Å². The third kappa shape index (κ3) is 3.92. The zero-order chi connectivity index (χ0) is 16.8. The fraction of sp³-hybridized carbons (Fsp3) is 0.333. The predicted molar refractivity (Wildman–Crippen MR) is 83.0 cm³/mol. The number of nitrogens with one attached hydrogen (secondary N) is 3. The lowest BCUT2D eigenvalue weighted by molar-refractivity contribution is -0.134. The Labute approximate surface area is 132 Å². The lowest BCUT2D eigenvalue weighted by Gasteiger charge is -2.23. The van der Waals surface area contributed by atoms with Gasteiger partial charge in [0.25, 0.3) is 5.91 Å². The Hall–Kier alpha value is -2.74. The second kappa shape index (κ2) is 7.50. The van der Waals surface area contributed by atoms with Crippen LogP contribution in [-0.2, 0) is 9.59 Å². The van der Waals surface area contributed by atoms with Crippen LogP contribution in [0.1, 0.15) is 33.6 Å². The highest BCUT2D eigenvalue weighted by atomic mass is 16.2. The molecule has 0 aromatic heterocycles. The molecule has 3 amide bonds. The van der Waals surface area contributed by atoms with Crippen LogP contribution in [0.25, 0.3) is 0 Å². The summed E-state index contributed by atoms with van der Waals surface area (Å²) in [6.07, 6.45) is 0.961. The van der Waals surface area contributed by atoms with E-state index in [1.807, 2.05) is 0 Å². The standard InChI is InChI=1S/C15H18N4O4/c16-6-7-17-10-3-1-2-9(8-20)13(10)15(23)18-11-4-5-12(21)19-14(11)22/h1-3,8,11,17H,4-7,16H2,(H,18,23)(H,19,21,22). The third-order valence-corrected chi connectivity index (χ3v) is 3.46. The van der Waals surface area contributed by atoms with E-state index < -0.39 is 17.9 Å². The number of imide groups is 1.